The first-order valence-electron chi connectivity index (χ1n) is 5.38. The Morgan fingerprint density at radius 2 is 1.93 bits per heavy atom. The molecule has 0 bridgehead atoms. The molecule has 15 heavy (non-hydrogen) atoms. The number of ether oxygens (including phenoxy) is 1. The zero-order valence-electron chi connectivity index (χ0n) is 10.2. The lowest BCUT2D eigenvalue weighted by Gasteiger charge is -2.11. The van der Waals surface area contributed by atoms with Crippen LogP contribution in [0.5, 0.6) is 0 Å². The first-order valence-corrected chi connectivity index (χ1v) is 5.38. The van der Waals surface area contributed by atoms with E-state index in [0.717, 1.165) is 19.8 Å². The van der Waals surface area contributed by atoms with Crippen LogP contribution in [0.15, 0.2) is 18.2 Å². The number of aryl methyl sites for hydroxylation is 2. The van der Waals surface area contributed by atoms with E-state index >= 15 is 0 Å². The van der Waals surface area contributed by atoms with E-state index in [2.05, 4.69) is 51.0 Å². The van der Waals surface area contributed by atoms with Gasteiger partial charge in [-0.05, 0) is 39.1 Å². The molecule has 0 radical (unpaired) electrons. The van der Waals surface area contributed by atoms with Crippen molar-refractivity contribution in [1.29, 1.82) is 0 Å². The van der Waals surface area contributed by atoms with Gasteiger partial charge >= 0.3 is 0 Å². The molecule has 0 N–H and O–H groups in total. The molecule has 1 rings (SSSR count). The van der Waals surface area contributed by atoms with Gasteiger partial charge in [0.2, 0.25) is 0 Å². The molecule has 0 atom stereocenters. The smallest absolute Gasteiger partial charge is 0.0720 e. The molecule has 0 spiro atoms. The summed E-state index contributed by atoms with van der Waals surface area (Å²) in [5, 5.41) is 0. The molecular formula is C13H21NO. The fourth-order valence-electron chi connectivity index (χ4n) is 1.44. The molecule has 0 amide bonds. The Hall–Kier alpha value is -0.860. The number of rotatable bonds is 5. The van der Waals surface area contributed by atoms with Crippen molar-refractivity contribution in [2.45, 2.75) is 20.5 Å². The minimum absolute atomic E-state index is 0.722. The number of nitrogens with zero attached hydrogens (tertiary/aromatic N) is 1. The van der Waals surface area contributed by atoms with Crippen LogP contribution in [-0.4, -0.2) is 32.1 Å². The summed E-state index contributed by atoms with van der Waals surface area (Å²) in [6.07, 6.45) is 0. The SMILES string of the molecule is Cc1ccc(COCCN(C)C)c(C)c1. The first kappa shape index (κ1) is 12.2. The monoisotopic (exact) mass is 207 g/mol. The summed E-state index contributed by atoms with van der Waals surface area (Å²) < 4.78 is 5.61. The van der Waals surface area contributed by atoms with Crippen molar-refractivity contribution in [3.63, 3.8) is 0 Å². The highest BCUT2D eigenvalue weighted by atomic mass is 16.5. The molecule has 0 saturated heterocycles. The Labute approximate surface area is 92.9 Å². The van der Waals surface area contributed by atoms with E-state index in [9.17, 15) is 0 Å². The van der Waals surface area contributed by atoms with Crippen molar-refractivity contribution in [2.24, 2.45) is 0 Å². The Morgan fingerprint density at radius 1 is 1.20 bits per heavy atom. The highest BCUT2D eigenvalue weighted by molar-refractivity contribution is 5.29. The van der Waals surface area contributed by atoms with Gasteiger partial charge in [0.05, 0.1) is 13.2 Å². The van der Waals surface area contributed by atoms with E-state index in [1.807, 2.05) is 0 Å². The van der Waals surface area contributed by atoms with Crippen molar-refractivity contribution in [3.05, 3.63) is 34.9 Å². The molecule has 2 nitrogen and oxygen atoms in total. The summed E-state index contributed by atoms with van der Waals surface area (Å²) >= 11 is 0. The van der Waals surface area contributed by atoms with Gasteiger partial charge in [-0.3, -0.25) is 0 Å². The predicted molar refractivity (Wildman–Crippen MR) is 64.1 cm³/mol. The van der Waals surface area contributed by atoms with E-state index in [1.54, 1.807) is 0 Å². The summed E-state index contributed by atoms with van der Waals surface area (Å²) in [5.41, 5.74) is 3.92. The number of likely N-dealkylation sites (N-methyl/N-ethyl adjacent to an activating group) is 1. The highest BCUT2D eigenvalue weighted by Crippen LogP contribution is 2.11. The van der Waals surface area contributed by atoms with Crippen molar-refractivity contribution < 1.29 is 4.74 Å². The van der Waals surface area contributed by atoms with Crippen molar-refractivity contribution in [3.8, 4) is 0 Å². The topological polar surface area (TPSA) is 12.5 Å². The van der Waals surface area contributed by atoms with Crippen LogP contribution in [-0.2, 0) is 11.3 Å². The third-order valence-electron chi connectivity index (χ3n) is 2.44. The van der Waals surface area contributed by atoms with Gasteiger partial charge in [0, 0.05) is 6.54 Å². The molecule has 0 saturated carbocycles. The average Bonchev–Trinajstić information content (AvgIpc) is 2.14. The molecule has 0 aliphatic heterocycles. The maximum atomic E-state index is 5.61. The second-order valence-corrected chi connectivity index (χ2v) is 4.29. The van der Waals surface area contributed by atoms with E-state index in [-0.39, 0.29) is 0 Å². The van der Waals surface area contributed by atoms with Crippen LogP contribution in [0.3, 0.4) is 0 Å². The zero-order chi connectivity index (χ0) is 11.3. The van der Waals surface area contributed by atoms with Gasteiger partial charge in [-0.1, -0.05) is 23.8 Å². The predicted octanol–water partition coefficient (Wildman–Crippen LogP) is 2.38. The molecule has 0 fully saturated rings. The minimum Gasteiger partial charge on any atom is -0.375 e. The van der Waals surface area contributed by atoms with Crippen LogP contribution in [0.4, 0.5) is 0 Å². The third kappa shape index (κ3) is 4.45. The van der Waals surface area contributed by atoms with Crippen molar-refractivity contribution in [2.75, 3.05) is 27.2 Å². The second-order valence-electron chi connectivity index (χ2n) is 4.29. The second kappa shape index (κ2) is 5.89. The van der Waals surface area contributed by atoms with E-state index in [0.29, 0.717) is 0 Å². The average molecular weight is 207 g/mol. The largest absolute Gasteiger partial charge is 0.375 e. The van der Waals surface area contributed by atoms with Crippen LogP contribution < -0.4 is 0 Å². The minimum atomic E-state index is 0.722. The number of hydrogen-bond donors (Lipinski definition) is 0. The first-order chi connectivity index (χ1) is 7.09. The maximum absolute atomic E-state index is 5.61. The van der Waals surface area contributed by atoms with E-state index in [4.69, 9.17) is 4.74 Å². The summed E-state index contributed by atoms with van der Waals surface area (Å²) in [5.74, 6) is 0. The zero-order valence-corrected chi connectivity index (χ0v) is 10.2. The summed E-state index contributed by atoms with van der Waals surface area (Å²) in [6.45, 7) is 6.74. The molecular weight excluding hydrogens is 186 g/mol. The lowest BCUT2D eigenvalue weighted by molar-refractivity contribution is 0.105. The Kier molecular flexibility index (Phi) is 4.79. The third-order valence-corrected chi connectivity index (χ3v) is 2.44. The van der Waals surface area contributed by atoms with E-state index in [1.165, 1.54) is 16.7 Å². The van der Waals surface area contributed by atoms with Crippen LogP contribution in [0.2, 0.25) is 0 Å². The molecule has 0 heterocycles. The van der Waals surface area contributed by atoms with Crippen LogP contribution in [0.1, 0.15) is 16.7 Å². The van der Waals surface area contributed by atoms with Crippen LogP contribution >= 0.6 is 0 Å². The molecule has 1 aromatic carbocycles. The Bertz CT molecular complexity index is 307. The number of hydrogen-bond acceptors (Lipinski definition) is 2. The maximum Gasteiger partial charge on any atom is 0.0720 e. The normalized spacial score (nSPS) is 11.0. The van der Waals surface area contributed by atoms with E-state index < -0.39 is 0 Å². The Morgan fingerprint density at radius 3 is 2.53 bits per heavy atom. The van der Waals surface area contributed by atoms with Gasteiger partial charge in [-0.2, -0.15) is 0 Å². The van der Waals surface area contributed by atoms with Gasteiger partial charge in [-0.15, -0.1) is 0 Å². The molecule has 1 aromatic rings. The van der Waals surface area contributed by atoms with Gasteiger partial charge < -0.3 is 9.64 Å². The lowest BCUT2D eigenvalue weighted by atomic mass is 10.1. The molecule has 84 valence electrons. The van der Waals surface area contributed by atoms with Crippen LogP contribution in [0.25, 0.3) is 0 Å². The van der Waals surface area contributed by atoms with Gasteiger partial charge in [0.25, 0.3) is 0 Å². The summed E-state index contributed by atoms with van der Waals surface area (Å²) in [7, 11) is 4.11. The van der Waals surface area contributed by atoms with Gasteiger partial charge in [-0.25, -0.2) is 0 Å². The van der Waals surface area contributed by atoms with Crippen molar-refractivity contribution >= 4 is 0 Å². The fourth-order valence-corrected chi connectivity index (χ4v) is 1.44. The Balaban J connectivity index is 2.37. The number of benzene rings is 1. The van der Waals surface area contributed by atoms with Gasteiger partial charge in [0.1, 0.15) is 0 Å². The molecule has 0 aromatic heterocycles. The molecule has 0 aliphatic rings. The summed E-state index contributed by atoms with van der Waals surface area (Å²) in [4.78, 5) is 2.13. The standard InChI is InChI=1S/C13H21NO/c1-11-5-6-13(12(2)9-11)10-15-8-7-14(3)4/h5-6,9H,7-8,10H2,1-4H3. The summed E-state index contributed by atoms with van der Waals surface area (Å²) in [6, 6.07) is 6.49. The van der Waals surface area contributed by atoms with Crippen LogP contribution in [0, 0.1) is 13.8 Å². The fraction of sp³-hybridized carbons (Fsp3) is 0.538. The van der Waals surface area contributed by atoms with Crippen molar-refractivity contribution in [1.82, 2.24) is 4.90 Å². The van der Waals surface area contributed by atoms with Gasteiger partial charge in [0.15, 0.2) is 0 Å². The lowest BCUT2D eigenvalue weighted by Crippen LogP contribution is -2.18. The molecule has 2 heteroatoms. The molecule has 0 unspecified atom stereocenters. The quantitative estimate of drug-likeness (QED) is 0.687. The molecule has 0 aliphatic carbocycles. The highest BCUT2D eigenvalue weighted by Gasteiger charge is 1.98.